The normalized spacial score (nSPS) is 11.1. The van der Waals surface area contributed by atoms with Crippen molar-refractivity contribution in [3.8, 4) is 11.4 Å². The van der Waals surface area contributed by atoms with Gasteiger partial charge in [0.15, 0.2) is 6.61 Å². The van der Waals surface area contributed by atoms with E-state index in [0.717, 1.165) is 22.9 Å². The molecule has 176 valence electrons. The van der Waals surface area contributed by atoms with Crippen LogP contribution in [0.3, 0.4) is 0 Å². The summed E-state index contributed by atoms with van der Waals surface area (Å²) in [7, 11) is 0. The number of carbonyl (C=O) groups excluding carboxylic acids is 1. The fraction of sp³-hybridized carbons (Fsp3) is 0.179. The molecule has 0 fully saturated rings. The minimum atomic E-state index is -0.311. The van der Waals surface area contributed by atoms with Gasteiger partial charge in [-0.15, -0.1) is 10.2 Å². The number of unbranched alkanes of at least 4 members (excludes halogenated alkanes) is 1. The molecule has 1 N–H and O–H groups in total. The number of benzene rings is 4. The van der Waals surface area contributed by atoms with Crippen LogP contribution in [0.5, 0.6) is 5.75 Å². The highest BCUT2D eigenvalue weighted by atomic mass is 35.5. The van der Waals surface area contributed by atoms with Crippen molar-refractivity contribution in [1.29, 1.82) is 0 Å². The van der Waals surface area contributed by atoms with E-state index in [1.54, 1.807) is 16.9 Å². The molecule has 1 amide bonds. The Morgan fingerprint density at radius 2 is 1.71 bits per heavy atom. The number of amides is 1. The molecule has 1 aromatic heterocycles. The van der Waals surface area contributed by atoms with E-state index in [-0.39, 0.29) is 12.5 Å². The zero-order chi connectivity index (χ0) is 24.2. The maximum atomic E-state index is 12.6. The molecule has 0 aliphatic rings. The molecule has 0 aliphatic heterocycles. The number of rotatable bonds is 8. The van der Waals surface area contributed by atoms with Gasteiger partial charge in [0.05, 0.1) is 16.4 Å². The summed E-state index contributed by atoms with van der Waals surface area (Å²) in [5.74, 6) is 0.345. The Balaban J connectivity index is 1.29. The van der Waals surface area contributed by atoms with Crippen LogP contribution in [0.25, 0.3) is 27.5 Å². The van der Waals surface area contributed by atoms with Crippen molar-refractivity contribution in [2.75, 3.05) is 11.9 Å². The van der Waals surface area contributed by atoms with Crippen molar-refractivity contribution in [2.24, 2.45) is 0 Å². The number of carbonyl (C=O) groups is 1. The van der Waals surface area contributed by atoms with Crippen LogP contribution in [0.4, 0.5) is 5.69 Å². The van der Waals surface area contributed by atoms with E-state index in [4.69, 9.17) is 16.3 Å². The monoisotopic (exact) mass is 484 g/mol. The standard InChI is InChI=1S/C28H25ClN4O2/c1-2-3-7-19-12-14-21(15-13-19)33-31-25-16-23(29)24(17-26(25)32-33)30-28(34)18-35-27-11-6-9-20-8-4-5-10-22(20)27/h4-6,8-17H,2-3,7,18H2,1H3,(H,30,34). The number of hydrogen-bond donors (Lipinski definition) is 1. The summed E-state index contributed by atoms with van der Waals surface area (Å²) in [5, 5.41) is 14.3. The van der Waals surface area contributed by atoms with Crippen molar-refractivity contribution >= 4 is 45.0 Å². The third-order valence-corrected chi connectivity index (χ3v) is 6.15. The van der Waals surface area contributed by atoms with Crippen LogP contribution in [0, 0.1) is 0 Å². The number of fused-ring (bicyclic) bond motifs is 2. The van der Waals surface area contributed by atoms with Crippen molar-refractivity contribution in [2.45, 2.75) is 26.2 Å². The predicted molar refractivity (Wildman–Crippen MR) is 141 cm³/mol. The van der Waals surface area contributed by atoms with Crippen LogP contribution in [-0.4, -0.2) is 27.5 Å². The minimum Gasteiger partial charge on any atom is -0.483 e. The third kappa shape index (κ3) is 5.12. The van der Waals surface area contributed by atoms with E-state index in [1.165, 1.54) is 18.4 Å². The zero-order valence-corrected chi connectivity index (χ0v) is 20.1. The van der Waals surface area contributed by atoms with Gasteiger partial charge in [0, 0.05) is 5.39 Å². The van der Waals surface area contributed by atoms with Crippen LogP contribution in [0.1, 0.15) is 25.3 Å². The second kappa shape index (κ2) is 10.2. The van der Waals surface area contributed by atoms with E-state index in [1.807, 2.05) is 54.6 Å². The SMILES string of the molecule is CCCCc1ccc(-n2nc3cc(Cl)c(NC(=O)COc4cccc5ccccc45)cc3n2)cc1. The first-order chi connectivity index (χ1) is 17.1. The van der Waals surface area contributed by atoms with Gasteiger partial charge in [0.2, 0.25) is 0 Å². The summed E-state index contributed by atoms with van der Waals surface area (Å²) >= 11 is 6.43. The molecule has 5 rings (SSSR count). The molecule has 0 aliphatic carbocycles. The first-order valence-electron chi connectivity index (χ1n) is 11.7. The lowest BCUT2D eigenvalue weighted by Crippen LogP contribution is -2.20. The first kappa shape index (κ1) is 22.9. The van der Waals surface area contributed by atoms with E-state index in [0.29, 0.717) is 27.5 Å². The molecule has 0 bridgehead atoms. The molecule has 7 heteroatoms. The second-order valence-electron chi connectivity index (χ2n) is 8.39. The maximum Gasteiger partial charge on any atom is 0.262 e. The molecule has 5 aromatic rings. The van der Waals surface area contributed by atoms with Crippen molar-refractivity contribution < 1.29 is 9.53 Å². The van der Waals surface area contributed by atoms with Gasteiger partial charge in [-0.3, -0.25) is 4.79 Å². The molecule has 6 nitrogen and oxygen atoms in total. The Bertz CT molecular complexity index is 1490. The summed E-state index contributed by atoms with van der Waals surface area (Å²) < 4.78 is 5.79. The average Bonchev–Trinajstić information content (AvgIpc) is 3.29. The molecule has 1 heterocycles. The molecule has 0 spiro atoms. The van der Waals surface area contributed by atoms with Gasteiger partial charge < -0.3 is 10.1 Å². The molecule has 35 heavy (non-hydrogen) atoms. The minimum absolute atomic E-state index is 0.139. The molecule has 0 saturated heterocycles. The molecular weight excluding hydrogens is 460 g/mol. The topological polar surface area (TPSA) is 69.0 Å². The van der Waals surface area contributed by atoms with Crippen molar-refractivity contribution in [1.82, 2.24) is 15.0 Å². The second-order valence-corrected chi connectivity index (χ2v) is 8.80. The van der Waals surface area contributed by atoms with Gasteiger partial charge in [-0.05, 0) is 54.1 Å². The highest BCUT2D eigenvalue weighted by Crippen LogP contribution is 2.28. The van der Waals surface area contributed by atoms with Crippen LogP contribution in [-0.2, 0) is 11.2 Å². The van der Waals surface area contributed by atoms with Crippen LogP contribution in [0.15, 0.2) is 78.9 Å². The Morgan fingerprint density at radius 3 is 2.51 bits per heavy atom. The molecular formula is C28H25ClN4O2. The number of anilines is 1. The molecule has 0 saturated carbocycles. The molecule has 0 radical (unpaired) electrons. The smallest absolute Gasteiger partial charge is 0.262 e. The fourth-order valence-corrected chi connectivity index (χ4v) is 4.18. The Morgan fingerprint density at radius 1 is 0.971 bits per heavy atom. The summed E-state index contributed by atoms with van der Waals surface area (Å²) in [6, 6.07) is 25.3. The summed E-state index contributed by atoms with van der Waals surface area (Å²) in [4.78, 5) is 14.2. The number of halogens is 1. The zero-order valence-electron chi connectivity index (χ0n) is 19.4. The molecule has 4 aromatic carbocycles. The number of hydrogen-bond acceptors (Lipinski definition) is 4. The van der Waals surface area contributed by atoms with E-state index < -0.39 is 0 Å². The lowest BCUT2D eigenvalue weighted by Gasteiger charge is -2.10. The van der Waals surface area contributed by atoms with E-state index >= 15 is 0 Å². The third-order valence-electron chi connectivity index (χ3n) is 5.84. The highest BCUT2D eigenvalue weighted by Gasteiger charge is 2.13. The lowest BCUT2D eigenvalue weighted by atomic mass is 10.1. The first-order valence-corrected chi connectivity index (χ1v) is 12.0. The predicted octanol–water partition coefficient (Wildman–Crippen LogP) is 6.59. The maximum absolute atomic E-state index is 12.6. The van der Waals surface area contributed by atoms with E-state index in [9.17, 15) is 4.79 Å². The van der Waals surface area contributed by atoms with Gasteiger partial charge >= 0.3 is 0 Å². The van der Waals surface area contributed by atoms with Gasteiger partial charge in [-0.2, -0.15) is 4.80 Å². The van der Waals surface area contributed by atoms with Crippen molar-refractivity contribution in [3.05, 3.63) is 89.4 Å². The van der Waals surface area contributed by atoms with Gasteiger partial charge in [-0.25, -0.2) is 0 Å². The van der Waals surface area contributed by atoms with Crippen LogP contribution >= 0.6 is 11.6 Å². The number of nitrogens with zero attached hydrogens (tertiary/aromatic N) is 3. The number of nitrogens with one attached hydrogen (secondary N) is 1. The van der Waals surface area contributed by atoms with Gasteiger partial charge in [0.1, 0.15) is 16.8 Å². The fourth-order valence-electron chi connectivity index (χ4n) is 3.98. The van der Waals surface area contributed by atoms with Gasteiger partial charge in [-0.1, -0.05) is 73.5 Å². The Labute approximate surface area is 208 Å². The lowest BCUT2D eigenvalue weighted by molar-refractivity contribution is -0.118. The van der Waals surface area contributed by atoms with E-state index in [2.05, 4.69) is 34.6 Å². The van der Waals surface area contributed by atoms with Crippen molar-refractivity contribution in [3.63, 3.8) is 0 Å². The largest absolute Gasteiger partial charge is 0.483 e. The Kier molecular flexibility index (Phi) is 6.64. The van der Waals surface area contributed by atoms with Gasteiger partial charge in [0.25, 0.3) is 5.91 Å². The number of aromatic nitrogens is 3. The summed E-state index contributed by atoms with van der Waals surface area (Å²) in [5.41, 5.74) is 3.91. The summed E-state index contributed by atoms with van der Waals surface area (Å²) in [6.07, 6.45) is 3.40. The summed E-state index contributed by atoms with van der Waals surface area (Å²) in [6.45, 7) is 2.05. The average molecular weight is 485 g/mol. The number of aryl methyl sites for hydroxylation is 1. The number of ether oxygens (including phenoxy) is 1. The Hall–Kier alpha value is -3.90. The molecule has 0 atom stereocenters. The quantitative estimate of drug-likeness (QED) is 0.270. The van der Waals surface area contributed by atoms with Crippen LogP contribution < -0.4 is 10.1 Å². The highest BCUT2D eigenvalue weighted by molar-refractivity contribution is 6.34. The van der Waals surface area contributed by atoms with Crippen LogP contribution in [0.2, 0.25) is 5.02 Å². The molecule has 0 unspecified atom stereocenters.